The summed E-state index contributed by atoms with van der Waals surface area (Å²) < 4.78 is 5.40. The molecule has 0 bridgehead atoms. The van der Waals surface area contributed by atoms with Crippen LogP contribution in [0.25, 0.3) is 0 Å². The highest BCUT2D eigenvalue weighted by atomic mass is 32.1. The molecule has 5 heteroatoms. The fourth-order valence-electron chi connectivity index (χ4n) is 5.07. The number of fused-ring (bicyclic) bond motifs is 1. The Morgan fingerprint density at radius 3 is 2.73 bits per heavy atom. The van der Waals surface area contributed by atoms with E-state index in [1.165, 1.54) is 37.1 Å². The normalized spacial score (nSPS) is 19.7. The van der Waals surface area contributed by atoms with Gasteiger partial charge in [-0.3, -0.25) is 9.69 Å². The topological polar surface area (TPSA) is 32.8 Å². The van der Waals surface area contributed by atoms with Gasteiger partial charge in [0.05, 0.1) is 12.0 Å². The fourth-order valence-corrected chi connectivity index (χ4v) is 5.76. The second kappa shape index (κ2) is 9.97. The Morgan fingerprint density at radius 2 is 2.03 bits per heavy atom. The third-order valence-electron chi connectivity index (χ3n) is 6.77. The molecule has 1 atom stereocenters. The number of carbonyl (C=O) groups excluding carboxylic acids is 1. The number of hydrogen-bond donors (Lipinski definition) is 0. The van der Waals surface area contributed by atoms with Gasteiger partial charge >= 0.3 is 0 Å². The van der Waals surface area contributed by atoms with Crippen molar-refractivity contribution in [3.63, 3.8) is 0 Å². The second-order valence-electron chi connectivity index (χ2n) is 8.74. The molecule has 0 saturated carbocycles. The van der Waals surface area contributed by atoms with Crippen molar-refractivity contribution in [2.24, 2.45) is 5.92 Å². The molecule has 1 aromatic carbocycles. The minimum Gasteiger partial charge on any atom is -0.497 e. The van der Waals surface area contributed by atoms with E-state index in [9.17, 15) is 4.79 Å². The molecule has 1 aliphatic carbocycles. The molecule has 0 radical (unpaired) electrons. The van der Waals surface area contributed by atoms with Gasteiger partial charge in [-0.05, 0) is 85.7 Å². The van der Waals surface area contributed by atoms with Crippen molar-refractivity contribution in [2.75, 3.05) is 33.3 Å². The molecule has 1 saturated heterocycles. The van der Waals surface area contributed by atoms with Crippen molar-refractivity contribution < 1.29 is 9.53 Å². The van der Waals surface area contributed by atoms with E-state index < -0.39 is 0 Å². The summed E-state index contributed by atoms with van der Waals surface area (Å²) in [5, 5.41) is 1.99. The average molecular weight is 427 g/mol. The van der Waals surface area contributed by atoms with Crippen LogP contribution >= 0.6 is 11.3 Å². The maximum absolute atomic E-state index is 12.6. The standard InChI is InChI=1S/C25H34N2O2S/c1-3-12-27(22-8-6-21-17-23(29-2)9-7-20(21)16-22)18-19-10-13-26(14-11-19)25(28)24-5-4-15-30-24/h4-5,7,9,15,17,19,22H,3,6,8,10-14,16,18H2,1-2H3. The molecule has 2 aromatic rings. The number of aryl methyl sites for hydroxylation is 1. The first kappa shape index (κ1) is 21.4. The average Bonchev–Trinajstić information content (AvgIpc) is 3.33. The van der Waals surface area contributed by atoms with Gasteiger partial charge in [-0.2, -0.15) is 0 Å². The van der Waals surface area contributed by atoms with Crippen LogP contribution in [0.2, 0.25) is 0 Å². The molecule has 1 amide bonds. The summed E-state index contributed by atoms with van der Waals surface area (Å²) in [5.41, 5.74) is 2.95. The summed E-state index contributed by atoms with van der Waals surface area (Å²) in [5.74, 6) is 1.89. The Kier molecular flexibility index (Phi) is 7.11. The van der Waals surface area contributed by atoms with Gasteiger partial charge in [-0.15, -0.1) is 11.3 Å². The third-order valence-corrected chi connectivity index (χ3v) is 7.63. The number of ether oxygens (including phenoxy) is 1. The highest BCUT2D eigenvalue weighted by Crippen LogP contribution is 2.30. The van der Waals surface area contributed by atoms with Crippen LogP contribution < -0.4 is 4.74 Å². The predicted molar refractivity (Wildman–Crippen MR) is 124 cm³/mol. The van der Waals surface area contributed by atoms with Crippen molar-refractivity contribution >= 4 is 17.2 Å². The number of benzene rings is 1. The summed E-state index contributed by atoms with van der Waals surface area (Å²) in [6, 6.07) is 11.1. The molecule has 4 nitrogen and oxygen atoms in total. The number of methoxy groups -OCH3 is 1. The zero-order valence-electron chi connectivity index (χ0n) is 18.3. The van der Waals surface area contributed by atoms with Crippen molar-refractivity contribution in [3.8, 4) is 5.75 Å². The first-order chi connectivity index (χ1) is 14.7. The smallest absolute Gasteiger partial charge is 0.263 e. The van der Waals surface area contributed by atoms with E-state index in [1.807, 2.05) is 17.5 Å². The van der Waals surface area contributed by atoms with Crippen LogP contribution in [0.3, 0.4) is 0 Å². The molecular weight excluding hydrogens is 392 g/mol. The molecule has 30 heavy (non-hydrogen) atoms. The van der Waals surface area contributed by atoms with Gasteiger partial charge in [0.1, 0.15) is 5.75 Å². The maximum Gasteiger partial charge on any atom is 0.263 e. The molecule has 1 unspecified atom stereocenters. The van der Waals surface area contributed by atoms with E-state index >= 15 is 0 Å². The van der Waals surface area contributed by atoms with E-state index in [2.05, 4.69) is 34.9 Å². The van der Waals surface area contributed by atoms with Crippen LogP contribution in [0, 0.1) is 5.92 Å². The van der Waals surface area contributed by atoms with Crippen LogP contribution in [0.4, 0.5) is 0 Å². The molecule has 1 aromatic heterocycles. The van der Waals surface area contributed by atoms with Gasteiger partial charge < -0.3 is 9.64 Å². The highest BCUT2D eigenvalue weighted by Gasteiger charge is 2.29. The van der Waals surface area contributed by atoms with Crippen molar-refractivity contribution in [1.29, 1.82) is 0 Å². The number of likely N-dealkylation sites (tertiary alicyclic amines) is 1. The highest BCUT2D eigenvalue weighted by molar-refractivity contribution is 7.12. The van der Waals surface area contributed by atoms with Gasteiger partial charge in [0.15, 0.2) is 0 Å². The lowest BCUT2D eigenvalue weighted by atomic mass is 9.86. The Morgan fingerprint density at radius 1 is 1.20 bits per heavy atom. The molecule has 0 N–H and O–H groups in total. The number of piperidine rings is 1. The van der Waals surface area contributed by atoms with Crippen LogP contribution in [0.1, 0.15) is 53.4 Å². The number of nitrogens with zero attached hydrogens (tertiary/aromatic N) is 2. The zero-order chi connectivity index (χ0) is 20.9. The molecule has 2 heterocycles. The lowest BCUT2D eigenvalue weighted by Gasteiger charge is -2.39. The maximum atomic E-state index is 12.6. The summed E-state index contributed by atoms with van der Waals surface area (Å²) in [6.45, 7) is 6.43. The van der Waals surface area contributed by atoms with Gasteiger partial charge in [-0.1, -0.05) is 19.1 Å². The molecular formula is C25H34N2O2S. The van der Waals surface area contributed by atoms with Crippen LogP contribution in [0.15, 0.2) is 35.7 Å². The van der Waals surface area contributed by atoms with E-state index in [4.69, 9.17) is 4.74 Å². The summed E-state index contributed by atoms with van der Waals surface area (Å²) in [6.07, 6.45) is 6.97. The van der Waals surface area contributed by atoms with Crippen LogP contribution in [0.5, 0.6) is 5.75 Å². The Labute approximate surface area is 184 Å². The summed E-state index contributed by atoms with van der Waals surface area (Å²) in [4.78, 5) is 18.3. The van der Waals surface area contributed by atoms with E-state index in [1.54, 1.807) is 18.4 Å². The minimum atomic E-state index is 0.216. The number of amides is 1. The lowest BCUT2D eigenvalue weighted by Crippen LogP contribution is -2.45. The molecule has 2 aliphatic rings. The predicted octanol–water partition coefficient (Wildman–Crippen LogP) is 4.88. The Bertz CT molecular complexity index is 828. The van der Waals surface area contributed by atoms with Gasteiger partial charge in [0.25, 0.3) is 5.91 Å². The molecule has 1 aliphatic heterocycles. The van der Waals surface area contributed by atoms with Gasteiger partial charge in [-0.25, -0.2) is 0 Å². The summed E-state index contributed by atoms with van der Waals surface area (Å²) in [7, 11) is 1.75. The van der Waals surface area contributed by atoms with E-state index in [0.717, 1.165) is 49.4 Å². The number of carbonyl (C=O) groups is 1. The fraction of sp³-hybridized carbons (Fsp3) is 0.560. The number of rotatable bonds is 7. The molecule has 0 spiro atoms. The van der Waals surface area contributed by atoms with Crippen LogP contribution in [-0.2, 0) is 12.8 Å². The Hall–Kier alpha value is -1.85. The molecule has 1 fully saturated rings. The van der Waals surface area contributed by atoms with Crippen molar-refractivity contribution in [1.82, 2.24) is 9.80 Å². The first-order valence-corrected chi connectivity index (χ1v) is 12.3. The largest absolute Gasteiger partial charge is 0.497 e. The number of hydrogen-bond acceptors (Lipinski definition) is 4. The quantitative estimate of drug-likeness (QED) is 0.633. The van der Waals surface area contributed by atoms with Gasteiger partial charge in [0, 0.05) is 25.7 Å². The number of thiophene rings is 1. The monoisotopic (exact) mass is 426 g/mol. The first-order valence-electron chi connectivity index (χ1n) is 11.4. The van der Waals surface area contributed by atoms with E-state index in [-0.39, 0.29) is 5.91 Å². The zero-order valence-corrected chi connectivity index (χ0v) is 19.1. The van der Waals surface area contributed by atoms with Crippen molar-refractivity contribution in [3.05, 3.63) is 51.7 Å². The SMILES string of the molecule is CCCN(CC1CCN(C(=O)c2cccs2)CC1)C1CCc2cc(OC)ccc2C1. The Balaban J connectivity index is 1.33. The lowest BCUT2D eigenvalue weighted by molar-refractivity contribution is 0.0647. The van der Waals surface area contributed by atoms with Crippen molar-refractivity contribution in [2.45, 2.75) is 51.5 Å². The summed E-state index contributed by atoms with van der Waals surface area (Å²) >= 11 is 1.55. The molecule has 162 valence electrons. The van der Waals surface area contributed by atoms with E-state index in [0.29, 0.717) is 12.0 Å². The van der Waals surface area contributed by atoms with Gasteiger partial charge in [0.2, 0.25) is 0 Å². The second-order valence-corrected chi connectivity index (χ2v) is 9.69. The minimum absolute atomic E-state index is 0.216. The third kappa shape index (κ3) is 4.89. The molecule has 4 rings (SSSR count). The van der Waals surface area contributed by atoms with Crippen LogP contribution in [-0.4, -0.2) is 55.0 Å².